The van der Waals surface area contributed by atoms with Gasteiger partial charge in [0.15, 0.2) is 0 Å². The molecular weight excluding hydrogens is 388 g/mol. The van der Waals surface area contributed by atoms with Crippen molar-refractivity contribution in [2.75, 3.05) is 0 Å². The molecule has 0 saturated carbocycles. The van der Waals surface area contributed by atoms with E-state index >= 15 is 0 Å². The fourth-order valence-electron chi connectivity index (χ4n) is 3.35. The molecule has 0 aliphatic rings. The summed E-state index contributed by atoms with van der Waals surface area (Å²) < 4.78 is 29.4. The van der Waals surface area contributed by atoms with Crippen LogP contribution in [0.2, 0.25) is 0 Å². The van der Waals surface area contributed by atoms with Crippen LogP contribution < -0.4 is 11.0 Å². The van der Waals surface area contributed by atoms with Crippen LogP contribution in [0.15, 0.2) is 69.3 Å². The standard InChI is InChI=1S/C21H20N4O3S/c1-3-11-25-19(22)17(29(27,28)15-9-7-14(2)8-10-15)13-16-20(25)23-18-6-4-5-12-24(18)21(16)26/h4-10,12-13,22H,3,11H2,1-2H3. The Morgan fingerprint density at radius 1 is 1.10 bits per heavy atom. The van der Waals surface area contributed by atoms with Crippen molar-refractivity contribution < 1.29 is 8.42 Å². The number of sulfone groups is 1. The van der Waals surface area contributed by atoms with Crippen LogP contribution in [0.3, 0.4) is 0 Å². The highest BCUT2D eigenvalue weighted by Crippen LogP contribution is 2.21. The summed E-state index contributed by atoms with van der Waals surface area (Å²) in [7, 11) is -3.97. The molecule has 0 aliphatic heterocycles. The van der Waals surface area contributed by atoms with Gasteiger partial charge in [-0.3, -0.25) is 14.6 Å². The zero-order valence-corrected chi connectivity index (χ0v) is 16.9. The Morgan fingerprint density at radius 3 is 2.52 bits per heavy atom. The average Bonchev–Trinajstić information content (AvgIpc) is 2.70. The van der Waals surface area contributed by atoms with Gasteiger partial charge >= 0.3 is 0 Å². The fourth-order valence-corrected chi connectivity index (χ4v) is 4.74. The molecule has 0 spiro atoms. The van der Waals surface area contributed by atoms with Crippen LogP contribution in [-0.2, 0) is 16.4 Å². The van der Waals surface area contributed by atoms with E-state index < -0.39 is 9.84 Å². The minimum Gasteiger partial charge on any atom is -0.310 e. The first-order chi connectivity index (χ1) is 13.8. The van der Waals surface area contributed by atoms with Gasteiger partial charge in [-0.15, -0.1) is 0 Å². The Kier molecular flexibility index (Phi) is 4.58. The highest BCUT2D eigenvalue weighted by atomic mass is 32.2. The van der Waals surface area contributed by atoms with Gasteiger partial charge in [0.2, 0.25) is 9.84 Å². The Balaban J connectivity index is 2.13. The van der Waals surface area contributed by atoms with Gasteiger partial charge in [0.25, 0.3) is 5.56 Å². The first-order valence-corrected chi connectivity index (χ1v) is 10.7. The summed E-state index contributed by atoms with van der Waals surface area (Å²) in [5, 5.41) is 8.76. The third-order valence-corrected chi connectivity index (χ3v) is 6.63. The lowest BCUT2D eigenvalue weighted by Crippen LogP contribution is -2.30. The van der Waals surface area contributed by atoms with Crippen LogP contribution in [0, 0.1) is 12.3 Å². The Morgan fingerprint density at radius 2 is 1.83 bits per heavy atom. The summed E-state index contributed by atoms with van der Waals surface area (Å²) in [4.78, 5) is 17.5. The van der Waals surface area contributed by atoms with Crippen LogP contribution >= 0.6 is 0 Å². The second-order valence-corrected chi connectivity index (χ2v) is 8.83. The maximum Gasteiger partial charge on any atom is 0.267 e. The molecule has 0 aliphatic carbocycles. The van der Waals surface area contributed by atoms with Gasteiger partial charge in [0.05, 0.1) is 10.3 Å². The average molecular weight is 408 g/mol. The molecule has 4 aromatic rings. The van der Waals surface area contributed by atoms with Gasteiger partial charge in [-0.05, 0) is 43.7 Å². The van der Waals surface area contributed by atoms with E-state index in [0.29, 0.717) is 24.3 Å². The second kappa shape index (κ2) is 6.97. The molecule has 0 bridgehead atoms. The normalized spacial score (nSPS) is 11.9. The molecule has 1 aromatic carbocycles. The minimum atomic E-state index is -3.97. The molecule has 0 atom stereocenters. The molecule has 1 N–H and O–H groups in total. The van der Waals surface area contributed by atoms with Crippen LogP contribution in [0.5, 0.6) is 0 Å². The molecular formula is C21H20N4O3S. The summed E-state index contributed by atoms with van der Waals surface area (Å²) in [6.07, 6.45) is 2.26. The van der Waals surface area contributed by atoms with E-state index in [2.05, 4.69) is 4.98 Å². The number of nitrogens with zero attached hydrogens (tertiary/aromatic N) is 3. The van der Waals surface area contributed by atoms with Gasteiger partial charge in [-0.1, -0.05) is 30.7 Å². The smallest absolute Gasteiger partial charge is 0.267 e. The first kappa shape index (κ1) is 19.1. The highest BCUT2D eigenvalue weighted by molar-refractivity contribution is 7.91. The zero-order chi connectivity index (χ0) is 20.8. The Labute approximate surface area is 167 Å². The zero-order valence-electron chi connectivity index (χ0n) is 16.1. The number of benzene rings is 1. The lowest BCUT2D eigenvalue weighted by Gasteiger charge is -2.14. The van der Waals surface area contributed by atoms with Gasteiger partial charge in [0, 0.05) is 12.7 Å². The predicted octanol–water partition coefficient (Wildman–Crippen LogP) is 2.68. The summed E-state index contributed by atoms with van der Waals surface area (Å²) >= 11 is 0. The lowest BCUT2D eigenvalue weighted by molar-refractivity contribution is 0.586. The van der Waals surface area contributed by atoms with Crippen molar-refractivity contribution in [1.29, 1.82) is 5.41 Å². The molecule has 7 nitrogen and oxygen atoms in total. The molecule has 29 heavy (non-hydrogen) atoms. The number of aryl methyl sites for hydroxylation is 2. The fraction of sp³-hybridized carbons (Fsp3) is 0.190. The number of aromatic nitrogens is 3. The minimum absolute atomic E-state index is 0.0906. The number of pyridine rings is 2. The number of rotatable bonds is 4. The van der Waals surface area contributed by atoms with Crippen molar-refractivity contribution in [3.05, 3.63) is 76.1 Å². The van der Waals surface area contributed by atoms with Crippen molar-refractivity contribution >= 4 is 26.5 Å². The molecule has 8 heteroatoms. The number of hydrogen-bond acceptors (Lipinski definition) is 5. The van der Waals surface area contributed by atoms with E-state index in [-0.39, 0.29) is 26.2 Å². The Bertz CT molecular complexity index is 1470. The van der Waals surface area contributed by atoms with E-state index in [4.69, 9.17) is 5.41 Å². The van der Waals surface area contributed by atoms with Gasteiger partial charge in [0.1, 0.15) is 21.7 Å². The monoisotopic (exact) mass is 408 g/mol. The molecule has 0 amide bonds. The maximum atomic E-state index is 13.3. The van der Waals surface area contributed by atoms with Crippen molar-refractivity contribution in [3.8, 4) is 0 Å². The molecule has 3 aromatic heterocycles. The summed E-state index contributed by atoms with van der Waals surface area (Å²) in [5.41, 5.74) is 1.16. The molecule has 3 heterocycles. The molecule has 0 unspecified atom stereocenters. The van der Waals surface area contributed by atoms with E-state index in [0.717, 1.165) is 5.56 Å². The Hall–Kier alpha value is -3.26. The van der Waals surface area contributed by atoms with Crippen molar-refractivity contribution in [2.24, 2.45) is 0 Å². The number of fused-ring (bicyclic) bond motifs is 2. The van der Waals surface area contributed by atoms with Crippen LogP contribution in [0.25, 0.3) is 16.7 Å². The topological polar surface area (TPSA) is 97.3 Å². The largest absolute Gasteiger partial charge is 0.310 e. The summed E-state index contributed by atoms with van der Waals surface area (Å²) in [6, 6.07) is 12.9. The number of hydrogen-bond donors (Lipinski definition) is 1. The summed E-state index contributed by atoms with van der Waals surface area (Å²) in [6.45, 7) is 4.17. The summed E-state index contributed by atoms with van der Waals surface area (Å²) in [5.74, 6) is 0. The quantitative estimate of drug-likeness (QED) is 0.525. The SMILES string of the molecule is CCCn1c(=N)c(S(=O)(=O)c2ccc(C)cc2)cc2c(=O)n3ccccc3nc21. The van der Waals surface area contributed by atoms with Gasteiger partial charge in [-0.25, -0.2) is 13.4 Å². The predicted molar refractivity (Wildman–Crippen MR) is 110 cm³/mol. The van der Waals surface area contributed by atoms with Gasteiger partial charge in [-0.2, -0.15) is 0 Å². The molecule has 148 valence electrons. The highest BCUT2D eigenvalue weighted by Gasteiger charge is 2.23. The van der Waals surface area contributed by atoms with Gasteiger partial charge < -0.3 is 4.57 Å². The molecule has 0 saturated heterocycles. The van der Waals surface area contributed by atoms with Crippen LogP contribution in [0.1, 0.15) is 18.9 Å². The van der Waals surface area contributed by atoms with Crippen molar-refractivity contribution in [2.45, 2.75) is 36.6 Å². The lowest BCUT2D eigenvalue weighted by atomic mass is 10.2. The van der Waals surface area contributed by atoms with Crippen LogP contribution in [-0.4, -0.2) is 22.4 Å². The first-order valence-electron chi connectivity index (χ1n) is 9.26. The number of nitrogens with one attached hydrogen (secondary N) is 1. The van der Waals surface area contributed by atoms with Crippen molar-refractivity contribution in [3.63, 3.8) is 0 Å². The third-order valence-electron chi connectivity index (χ3n) is 4.85. The molecule has 0 fully saturated rings. The maximum absolute atomic E-state index is 13.3. The van der Waals surface area contributed by atoms with E-state index in [1.165, 1.54) is 27.2 Å². The molecule has 4 rings (SSSR count). The second-order valence-electron chi connectivity index (χ2n) is 6.91. The van der Waals surface area contributed by atoms with E-state index in [9.17, 15) is 13.2 Å². The van der Waals surface area contributed by atoms with E-state index in [1.807, 2.05) is 13.8 Å². The van der Waals surface area contributed by atoms with E-state index in [1.54, 1.807) is 36.5 Å². The third kappa shape index (κ3) is 3.05. The van der Waals surface area contributed by atoms with Crippen molar-refractivity contribution in [1.82, 2.24) is 14.0 Å². The molecule has 0 radical (unpaired) electrons. The van der Waals surface area contributed by atoms with Crippen LogP contribution in [0.4, 0.5) is 0 Å².